The van der Waals surface area contributed by atoms with E-state index < -0.39 is 0 Å². The number of benzene rings is 1. The highest BCUT2D eigenvalue weighted by Crippen LogP contribution is 2.38. The number of methoxy groups -OCH3 is 1. The van der Waals surface area contributed by atoms with Crippen molar-refractivity contribution in [2.24, 2.45) is 0 Å². The molecule has 0 spiro atoms. The van der Waals surface area contributed by atoms with E-state index in [1.807, 2.05) is 32.0 Å². The zero-order chi connectivity index (χ0) is 16.8. The molecule has 2 aromatic heterocycles. The molecule has 0 unspecified atom stereocenters. The Labute approximate surface area is 138 Å². The minimum Gasteiger partial charge on any atom is -0.495 e. The number of amides is 1. The lowest BCUT2D eigenvalue weighted by Gasteiger charge is -2.07. The van der Waals surface area contributed by atoms with Crippen molar-refractivity contribution in [3.63, 3.8) is 0 Å². The number of carbonyl (C=O) groups excluding carboxylic acids is 1. The molecular weight excluding hydrogens is 304 g/mol. The van der Waals surface area contributed by atoms with E-state index in [-0.39, 0.29) is 5.91 Å². The van der Waals surface area contributed by atoms with Gasteiger partial charge in [-0.25, -0.2) is 9.97 Å². The highest BCUT2D eigenvalue weighted by molar-refractivity contribution is 6.37. The number of hydrogen-bond donors (Lipinski definition) is 2. The number of aryl methyl sites for hydroxylation is 2. The van der Waals surface area contributed by atoms with Gasteiger partial charge in [-0.05, 0) is 38.1 Å². The summed E-state index contributed by atoms with van der Waals surface area (Å²) in [5.74, 6) is 0.524. The van der Waals surface area contributed by atoms with Crippen LogP contribution in [0.2, 0.25) is 0 Å². The highest BCUT2D eigenvalue weighted by atomic mass is 16.5. The van der Waals surface area contributed by atoms with Crippen LogP contribution in [0.5, 0.6) is 5.75 Å². The van der Waals surface area contributed by atoms with Gasteiger partial charge in [-0.15, -0.1) is 0 Å². The van der Waals surface area contributed by atoms with Gasteiger partial charge in [0.1, 0.15) is 5.75 Å². The number of nitrogens with zero attached hydrogens (tertiary/aromatic N) is 2. The van der Waals surface area contributed by atoms with Crippen LogP contribution in [-0.4, -0.2) is 28.0 Å². The molecule has 24 heavy (non-hydrogen) atoms. The lowest BCUT2D eigenvalue weighted by Crippen LogP contribution is -2.03. The number of anilines is 1. The molecule has 0 bridgehead atoms. The van der Waals surface area contributed by atoms with E-state index in [4.69, 9.17) is 4.74 Å². The highest BCUT2D eigenvalue weighted by Gasteiger charge is 2.28. The summed E-state index contributed by atoms with van der Waals surface area (Å²) < 4.78 is 5.31. The molecule has 0 saturated carbocycles. The lowest BCUT2D eigenvalue weighted by molar-refractivity contribution is -0.110. The molecule has 0 saturated heterocycles. The van der Waals surface area contributed by atoms with Crippen molar-refractivity contribution in [3.8, 4) is 5.75 Å². The molecule has 2 N–H and O–H groups in total. The second kappa shape index (κ2) is 5.19. The van der Waals surface area contributed by atoms with E-state index in [9.17, 15) is 4.79 Å². The molecule has 4 rings (SSSR count). The SMILES string of the molecule is COc1cc[nH]c1/C=C1\C(=O)Nc2ccc3nc(C)c(C)nc3c21. The Bertz CT molecular complexity index is 1020. The van der Waals surface area contributed by atoms with E-state index in [1.165, 1.54) is 0 Å². The van der Waals surface area contributed by atoms with Crippen LogP contribution in [0.25, 0.3) is 22.7 Å². The Kier molecular flexibility index (Phi) is 3.13. The molecule has 6 heteroatoms. The quantitative estimate of drug-likeness (QED) is 0.711. The number of ether oxygens (including phenoxy) is 1. The van der Waals surface area contributed by atoms with Crippen LogP contribution in [0.1, 0.15) is 22.6 Å². The van der Waals surface area contributed by atoms with Crippen LogP contribution >= 0.6 is 0 Å². The van der Waals surface area contributed by atoms with Gasteiger partial charge in [0.25, 0.3) is 5.91 Å². The van der Waals surface area contributed by atoms with Gasteiger partial charge >= 0.3 is 0 Å². The zero-order valence-corrected chi connectivity index (χ0v) is 13.6. The largest absolute Gasteiger partial charge is 0.495 e. The van der Waals surface area contributed by atoms with Crippen molar-refractivity contribution in [2.45, 2.75) is 13.8 Å². The summed E-state index contributed by atoms with van der Waals surface area (Å²) in [6.45, 7) is 3.85. The lowest BCUT2D eigenvalue weighted by atomic mass is 10.0. The van der Waals surface area contributed by atoms with E-state index in [0.717, 1.165) is 39.4 Å². The Morgan fingerprint density at radius 2 is 1.92 bits per heavy atom. The molecular formula is C18H16N4O2. The first-order valence-corrected chi connectivity index (χ1v) is 7.61. The number of carbonyl (C=O) groups is 1. The summed E-state index contributed by atoms with van der Waals surface area (Å²) in [4.78, 5) is 24.8. The van der Waals surface area contributed by atoms with Gasteiger partial charge in [0.2, 0.25) is 0 Å². The van der Waals surface area contributed by atoms with Crippen LogP contribution in [0, 0.1) is 13.8 Å². The fraction of sp³-hybridized carbons (Fsp3) is 0.167. The number of rotatable bonds is 2. The minimum atomic E-state index is -0.158. The Morgan fingerprint density at radius 3 is 2.71 bits per heavy atom. The van der Waals surface area contributed by atoms with Gasteiger partial charge in [-0.3, -0.25) is 4.79 Å². The average Bonchev–Trinajstić information content (AvgIpc) is 3.14. The molecule has 1 aromatic carbocycles. The van der Waals surface area contributed by atoms with Crippen LogP contribution in [-0.2, 0) is 4.79 Å². The van der Waals surface area contributed by atoms with Gasteiger partial charge in [-0.1, -0.05) is 0 Å². The van der Waals surface area contributed by atoms with Crippen molar-refractivity contribution in [1.29, 1.82) is 0 Å². The van der Waals surface area contributed by atoms with Crippen molar-refractivity contribution in [2.75, 3.05) is 12.4 Å². The predicted octanol–water partition coefficient (Wildman–Crippen LogP) is 3.08. The Hall–Kier alpha value is -3.15. The summed E-state index contributed by atoms with van der Waals surface area (Å²) >= 11 is 0. The maximum Gasteiger partial charge on any atom is 0.256 e. The smallest absolute Gasteiger partial charge is 0.256 e. The van der Waals surface area contributed by atoms with E-state index in [2.05, 4.69) is 20.3 Å². The third-order valence-corrected chi connectivity index (χ3v) is 4.26. The van der Waals surface area contributed by atoms with Crippen molar-refractivity contribution in [3.05, 3.63) is 47.0 Å². The predicted molar refractivity (Wildman–Crippen MR) is 92.9 cm³/mol. The number of hydrogen-bond acceptors (Lipinski definition) is 4. The normalized spacial score (nSPS) is 15.0. The van der Waals surface area contributed by atoms with Gasteiger partial charge in [0, 0.05) is 11.8 Å². The molecule has 0 fully saturated rings. The van der Waals surface area contributed by atoms with Gasteiger partial charge < -0.3 is 15.0 Å². The molecule has 3 aromatic rings. The maximum atomic E-state index is 12.5. The summed E-state index contributed by atoms with van der Waals surface area (Å²) in [6, 6.07) is 5.56. The Morgan fingerprint density at radius 1 is 1.12 bits per heavy atom. The average molecular weight is 320 g/mol. The topological polar surface area (TPSA) is 79.9 Å². The molecule has 3 heterocycles. The van der Waals surface area contributed by atoms with E-state index >= 15 is 0 Å². The van der Waals surface area contributed by atoms with Gasteiger partial charge in [0.15, 0.2) is 0 Å². The molecule has 120 valence electrons. The summed E-state index contributed by atoms with van der Waals surface area (Å²) in [6.07, 6.45) is 3.56. The first kappa shape index (κ1) is 14.4. The summed E-state index contributed by atoms with van der Waals surface area (Å²) in [5, 5.41) is 2.89. The van der Waals surface area contributed by atoms with Crippen molar-refractivity contribution in [1.82, 2.24) is 15.0 Å². The molecule has 1 aliphatic heterocycles. The van der Waals surface area contributed by atoms with Crippen LogP contribution in [0.3, 0.4) is 0 Å². The van der Waals surface area contributed by atoms with Gasteiger partial charge in [0.05, 0.1) is 46.5 Å². The van der Waals surface area contributed by atoms with Crippen LogP contribution < -0.4 is 10.1 Å². The minimum absolute atomic E-state index is 0.158. The van der Waals surface area contributed by atoms with Gasteiger partial charge in [-0.2, -0.15) is 0 Å². The number of fused-ring (bicyclic) bond motifs is 3. The molecule has 0 atom stereocenters. The van der Waals surface area contributed by atoms with E-state index in [1.54, 1.807) is 19.4 Å². The molecule has 6 nitrogen and oxygen atoms in total. The van der Waals surface area contributed by atoms with Crippen LogP contribution in [0.15, 0.2) is 24.4 Å². The summed E-state index contributed by atoms with van der Waals surface area (Å²) in [7, 11) is 1.60. The second-order valence-corrected chi connectivity index (χ2v) is 5.72. The van der Waals surface area contributed by atoms with E-state index in [0.29, 0.717) is 11.3 Å². The molecule has 0 aliphatic carbocycles. The number of aromatic nitrogens is 3. The second-order valence-electron chi connectivity index (χ2n) is 5.72. The third kappa shape index (κ3) is 2.07. The standard InChI is InChI=1S/C18H16N4O2/c1-9-10(2)21-17-13(20-9)5-4-12-16(17)11(18(23)22-12)8-14-15(24-3)6-7-19-14/h4-8,19H,1-3H3,(H,22,23)/b11-8-. The van der Waals surface area contributed by atoms with Crippen molar-refractivity contribution >= 4 is 34.3 Å². The zero-order valence-electron chi connectivity index (χ0n) is 13.6. The number of nitrogens with one attached hydrogen (secondary N) is 2. The maximum absolute atomic E-state index is 12.5. The van der Waals surface area contributed by atoms with Crippen molar-refractivity contribution < 1.29 is 9.53 Å². The monoisotopic (exact) mass is 320 g/mol. The first-order valence-electron chi connectivity index (χ1n) is 7.61. The third-order valence-electron chi connectivity index (χ3n) is 4.26. The fourth-order valence-electron chi connectivity index (χ4n) is 2.91. The molecule has 0 radical (unpaired) electrons. The number of H-pyrrole nitrogens is 1. The Balaban J connectivity index is 1.99. The number of aromatic amines is 1. The van der Waals surface area contributed by atoms with Crippen LogP contribution in [0.4, 0.5) is 5.69 Å². The molecule has 1 amide bonds. The molecule has 1 aliphatic rings. The first-order chi connectivity index (χ1) is 11.6. The fourth-order valence-corrected chi connectivity index (χ4v) is 2.91. The summed E-state index contributed by atoms with van der Waals surface area (Å²) in [5.41, 5.74) is 6.07.